The highest BCUT2D eigenvalue weighted by molar-refractivity contribution is 5.77. The predicted molar refractivity (Wildman–Crippen MR) is 92.2 cm³/mol. The Hall–Kier alpha value is -2.29. The number of hydrogen-bond acceptors (Lipinski definition) is 2. The fraction of sp³-hybridized carbons (Fsp3) is 0.350. The highest BCUT2D eigenvalue weighted by atomic mass is 16.5. The van der Waals surface area contributed by atoms with Gasteiger partial charge in [0.15, 0.2) is 0 Å². The van der Waals surface area contributed by atoms with Gasteiger partial charge >= 0.3 is 0 Å². The molecule has 2 aromatic carbocycles. The molecule has 3 nitrogen and oxygen atoms in total. The molecule has 2 aliphatic rings. The van der Waals surface area contributed by atoms with Crippen LogP contribution in [0.3, 0.4) is 0 Å². The second kappa shape index (κ2) is 6.45. The molecule has 0 N–H and O–H groups in total. The molecule has 2 unspecified atom stereocenters. The SMILES string of the molecule is c1ccc(CN=C2OC(c3ccccc3)C3CCCCN23)cc1. The van der Waals surface area contributed by atoms with Crippen molar-refractivity contribution in [2.45, 2.75) is 38.0 Å². The third-order valence-electron chi connectivity index (χ3n) is 4.74. The highest BCUT2D eigenvalue weighted by Gasteiger charge is 2.41. The fourth-order valence-electron chi connectivity index (χ4n) is 3.57. The second-order valence-electron chi connectivity index (χ2n) is 6.29. The molecule has 118 valence electrons. The molecule has 0 aliphatic carbocycles. The Kier molecular flexibility index (Phi) is 4.01. The van der Waals surface area contributed by atoms with Crippen molar-refractivity contribution >= 4 is 6.02 Å². The minimum absolute atomic E-state index is 0.117. The normalized spacial score (nSPS) is 25.2. The average Bonchev–Trinajstić information content (AvgIpc) is 3.01. The largest absolute Gasteiger partial charge is 0.455 e. The van der Waals surface area contributed by atoms with Gasteiger partial charge in [0.2, 0.25) is 0 Å². The molecule has 2 fully saturated rings. The van der Waals surface area contributed by atoms with Gasteiger partial charge < -0.3 is 9.64 Å². The maximum absolute atomic E-state index is 6.29. The number of benzene rings is 2. The molecule has 0 bridgehead atoms. The first kappa shape index (κ1) is 14.3. The Bertz CT molecular complexity index is 669. The standard InChI is InChI=1S/C20H22N2O/c1-3-9-16(10-4-1)15-21-20-22-14-8-7-13-18(22)19(23-20)17-11-5-2-6-12-17/h1-6,9-12,18-19H,7-8,13-15H2. The average molecular weight is 306 g/mol. The van der Waals surface area contributed by atoms with Crippen LogP contribution in [0.4, 0.5) is 0 Å². The summed E-state index contributed by atoms with van der Waals surface area (Å²) in [4.78, 5) is 7.15. The van der Waals surface area contributed by atoms with Crippen LogP contribution in [0.25, 0.3) is 0 Å². The summed E-state index contributed by atoms with van der Waals surface area (Å²) in [5.74, 6) is 0. The van der Waals surface area contributed by atoms with Crippen molar-refractivity contribution < 1.29 is 4.74 Å². The minimum atomic E-state index is 0.117. The first-order valence-corrected chi connectivity index (χ1v) is 8.48. The number of amidine groups is 1. The molecular weight excluding hydrogens is 284 g/mol. The quantitative estimate of drug-likeness (QED) is 0.850. The fourth-order valence-corrected chi connectivity index (χ4v) is 3.57. The summed E-state index contributed by atoms with van der Waals surface area (Å²) in [7, 11) is 0. The Morgan fingerprint density at radius 1 is 0.957 bits per heavy atom. The van der Waals surface area contributed by atoms with Crippen molar-refractivity contribution in [3.8, 4) is 0 Å². The Morgan fingerprint density at radius 2 is 1.70 bits per heavy atom. The number of aliphatic imine (C=N–C) groups is 1. The maximum atomic E-state index is 6.29. The lowest BCUT2D eigenvalue weighted by Crippen LogP contribution is -2.39. The number of nitrogens with zero attached hydrogens (tertiary/aromatic N) is 2. The van der Waals surface area contributed by atoms with Gasteiger partial charge in [-0.2, -0.15) is 0 Å². The van der Waals surface area contributed by atoms with Gasteiger partial charge in [0, 0.05) is 6.54 Å². The van der Waals surface area contributed by atoms with E-state index in [0.717, 1.165) is 12.6 Å². The van der Waals surface area contributed by atoms with Crippen LogP contribution in [0.1, 0.15) is 36.5 Å². The molecule has 0 amide bonds. The summed E-state index contributed by atoms with van der Waals surface area (Å²) in [6, 6.07) is 22.2. The number of hydrogen-bond donors (Lipinski definition) is 0. The van der Waals surface area contributed by atoms with E-state index in [9.17, 15) is 0 Å². The molecule has 23 heavy (non-hydrogen) atoms. The van der Waals surface area contributed by atoms with Gasteiger partial charge in [0.05, 0.1) is 12.6 Å². The molecule has 2 atom stereocenters. The van der Waals surface area contributed by atoms with Crippen LogP contribution in [0.2, 0.25) is 0 Å². The Labute approximate surface area is 137 Å². The third-order valence-corrected chi connectivity index (χ3v) is 4.74. The van der Waals surface area contributed by atoms with Crippen molar-refractivity contribution in [3.63, 3.8) is 0 Å². The van der Waals surface area contributed by atoms with E-state index in [0.29, 0.717) is 12.6 Å². The van der Waals surface area contributed by atoms with Gasteiger partial charge in [-0.1, -0.05) is 60.7 Å². The van der Waals surface area contributed by atoms with Gasteiger partial charge in [0.1, 0.15) is 6.10 Å². The Balaban J connectivity index is 1.58. The van der Waals surface area contributed by atoms with Crippen LogP contribution < -0.4 is 0 Å². The van der Waals surface area contributed by atoms with Crippen LogP contribution in [-0.4, -0.2) is 23.5 Å². The zero-order valence-electron chi connectivity index (χ0n) is 13.3. The highest BCUT2D eigenvalue weighted by Crippen LogP contribution is 2.37. The van der Waals surface area contributed by atoms with Crippen LogP contribution in [0.5, 0.6) is 0 Å². The van der Waals surface area contributed by atoms with Crippen molar-refractivity contribution in [1.82, 2.24) is 4.90 Å². The smallest absolute Gasteiger partial charge is 0.288 e. The van der Waals surface area contributed by atoms with Gasteiger partial charge in [-0.05, 0) is 30.4 Å². The van der Waals surface area contributed by atoms with E-state index in [-0.39, 0.29) is 6.10 Å². The summed E-state index contributed by atoms with van der Waals surface area (Å²) in [5, 5.41) is 0. The molecule has 2 aliphatic heterocycles. The summed E-state index contributed by atoms with van der Waals surface area (Å²) in [6.07, 6.45) is 3.81. The van der Waals surface area contributed by atoms with Gasteiger partial charge in [-0.25, -0.2) is 4.99 Å². The van der Waals surface area contributed by atoms with Crippen LogP contribution in [0.15, 0.2) is 65.7 Å². The zero-order valence-corrected chi connectivity index (χ0v) is 13.3. The first-order valence-electron chi connectivity index (χ1n) is 8.48. The first-order chi connectivity index (χ1) is 11.4. The van der Waals surface area contributed by atoms with Crippen molar-refractivity contribution in [2.75, 3.05) is 6.54 Å². The molecule has 0 saturated carbocycles. The Morgan fingerprint density at radius 3 is 2.48 bits per heavy atom. The molecular formula is C20H22N2O. The van der Waals surface area contributed by atoms with Crippen molar-refractivity contribution in [1.29, 1.82) is 0 Å². The molecule has 2 aromatic rings. The van der Waals surface area contributed by atoms with E-state index < -0.39 is 0 Å². The molecule has 0 radical (unpaired) electrons. The lowest BCUT2D eigenvalue weighted by atomic mass is 9.94. The minimum Gasteiger partial charge on any atom is -0.455 e. The topological polar surface area (TPSA) is 24.8 Å². The zero-order chi connectivity index (χ0) is 15.5. The maximum Gasteiger partial charge on any atom is 0.288 e. The molecule has 0 aromatic heterocycles. The number of rotatable bonds is 3. The van der Waals surface area contributed by atoms with Gasteiger partial charge in [0.25, 0.3) is 6.02 Å². The van der Waals surface area contributed by atoms with E-state index in [4.69, 9.17) is 9.73 Å². The van der Waals surface area contributed by atoms with Crippen molar-refractivity contribution in [3.05, 3.63) is 71.8 Å². The summed E-state index contributed by atoms with van der Waals surface area (Å²) >= 11 is 0. The monoisotopic (exact) mass is 306 g/mol. The number of ether oxygens (including phenoxy) is 1. The molecule has 2 saturated heterocycles. The lowest BCUT2D eigenvalue weighted by molar-refractivity contribution is 0.168. The van der Waals surface area contributed by atoms with Gasteiger partial charge in [-0.15, -0.1) is 0 Å². The van der Waals surface area contributed by atoms with Crippen LogP contribution >= 0.6 is 0 Å². The predicted octanol–water partition coefficient (Wildman–Crippen LogP) is 4.17. The molecule has 3 heteroatoms. The van der Waals surface area contributed by atoms with Crippen molar-refractivity contribution in [2.24, 2.45) is 4.99 Å². The molecule has 0 spiro atoms. The molecule has 2 heterocycles. The summed E-state index contributed by atoms with van der Waals surface area (Å²) < 4.78 is 6.29. The van der Waals surface area contributed by atoms with E-state index in [1.807, 2.05) is 6.07 Å². The summed E-state index contributed by atoms with van der Waals surface area (Å²) in [5.41, 5.74) is 2.48. The third kappa shape index (κ3) is 2.96. The van der Waals surface area contributed by atoms with Crippen LogP contribution in [0, 0.1) is 0 Å². The second-order valence-corrected chi connectivity index (χ2v) is 6.29. The van der Waals surface area contributed by atoms with Crippen LogP contribution in [-0.2, 0) is 11.3 Å². The van der Waals surface area contributed by atoms with Gasteiger partial charge in [-0.3, -0.25) is 0 Å². The van der Waals surface area contributed by atoms with E-state index in [1.165, 1.54) is 30.4 Å². The lowest BCUT2D eigenvalue weighted by Gasteiger charge is -2.30. The van der Waals surface area contributed by atoms with E-state index in [1.54, 1.807) is 0 Å². The molecule has 4 rings (SSSR count). The number of fused-ring (bicyclic) bond motifs is 1. The summed E-state index contributed by atoms with van der Waals surface area (Å²) in [6.45, 7) is 1.74. The van der Waals surface area contributed by atoms with E-state index >= 15 is 0 Å². The number of piperidine rings is 1. The van der Waals surface area contributed by atoms with E-state index in [2.05, 4.69) is 59.5 Å².